The van der Waals surface area contributed by atoms with Crippen molar-refractivity contribution in [3.63, 3.8) is 0 Å². The number of para-hydroxylation sites is 4. The maximum absolute atomic E-state index is 6.87. The Morgan fingerprint density at radius 2 is 0.392 bits per heavy atom. The molecule has 0 unspecified atom stereocenters. The molecule has 0 amide bonds. The molecule has 8 nitrogen and oxygen atoms in total. The molecule has 0 N–H and O–H groups in total. The maximum atomic E-state index is 6.87. The molecule has 8 heteroatoms. The van der Waals surface area contributed by atoms with Gasteiger partial charge in [-0.3, -0.25) is 0 Å². The van der Waals surface area contributed by atoms with E-state index in [1.54, 1.807) is 0 Å². The van der Waals surface area contributed by atoms with Gasteiger partial charge in [0.2, 0.25) is 0 Å². The predicted octanol–water partition coefficient (Wildman–Crippen LogP) is 33.2. The number of anilines is 12. The molecule has 0 aliphatic heterocycles. The molecule has 0 saturated carbocycles. The fourth-order valence-corrected chi connectivity index (χ4v) is 18.7. The van der Waals surface area contributed by atoms with Gasteiger partial charge in [-0.15, -0.1) is 0 Å². The van der Waals surface area contributed by atoms with Crippen molar-refractivity contribution in [1.29, 1.82) is 0 Å². The minimum absolute atomic E-state index is 0.818. The first-order chi connectivity index (χ1) is 58.4. The van der Waals surface area contributed by atoms with Gasteiger partial charge in [-0.1, -0.05) is 168 Å². The Bertz CT molecular complexity index is 7380. The van der Waals surface area contributed by atoms with Crippen LogP contribution in [0.2, 0.25) is 0 Å². The van der Waals surface area contributed by atoms with Gasteiger partial charge < -0.3 is 37.3 Å². The first-order valence-corrected chi connectivity index (χ1v) is 41.5. The summed E-state index contributed by atoms with van der Waals surface area (Å²) in [5, 5.41) is 17.6. The van der Waals surface area contributed by atoms with Gasteiger partial charge in [-0.2, -0.15) is 0 Å². The quantitative estimate of drug-likeness (QED) is 0.120. The second-order valence-corrected chi connectivity index (χ2v) is 33.2. The van der Waals surface area contributed by atoms with Gasteiger partial charge in [0.1, 0.15) is 44.7 Å². The molecule has 4 aromatic heterocycles. The zero-order chi connectivity index (χ0) is 81.6. The summed E-state index contributed by atoms with van der Waals surface area (Å²) in [5.74, 6) is 0. The lowest BCUT2D eigenvalue weighted by Gasteiger charge is -2.29. The highest BCUT2D eigenvalue weighted by Gasteiger charge is 2.27. The zero-order valence-electron chi connectivity index (χ0n) is 69.4. The molecule has 22 aromatic rings. The molecule has 4 heterocycles. The van der Waals surface area contributed by atoms with Crippen molar-refractivity contribution in [2.75, 3.05) is 19.6 Å². The Labute approximate surface area is 697 Å². The van der Waals surface area contributed by atoms with Crippen molar-refractivity contribution in [3.8, 4) is 0 Å². The highest BCUT2D eigenvalue weighted by atomic mass is 16.4. The average molecular weight is 1550 g/mol. The predicted molar refractivity (Wildman–Crippen MR) is 508 cm³/mol. The Balaban J connectivity index is 0.000000148. The zero-order valence-corrected chi connectivity index (χ0v) is 69.4. The number of fused-ring (bicyclic) bond motifs is 18. The van der Waals surface area contributed by atoms with Crippen LogP contribution in [0.1, 0.15) is 66.8 Å². The molecule has 0 radical (unpaired) electrons. The molecule has 120 heavy (non-hydrogen) atoms. The van der Waals surface area contributed by atoms with E-state index < -0.39 is 0 Å². The van der Waals surface area contributed by atoms with Crippen LogP contribution >= 0.6 is 0 Å². The third-order valence-electron chi connectivity index (χ3n) is 24.8. The van der Waals surface area contributed by atoms with Crippen LogP contribution < -0.4 is 19.6 Å². The van der Waals surface area contributed by atoms with Crippen molar-refractivity contribution in [2.24, 2.45) is 0 Å². The largest absolute Gasteiger partial charge is 0.456 e. The van der Waals surface area contributed by atoms with Gasteiger partial charge in [-0.05, 0) is 341 Å². The van der Waals surface area contributed by atoms with Gasteiger partial charge in [0.05, 0.1) is 33.5 Å². The molecule has 0 saturated heterocycles. The second kappa shape index (κ2) is 28.6. The molecule has 18 aromatic carbocycles. The molecular formula is C112H88N4O4. The van der Waals surface area contributed by atoms with Gasteiger partial charge in [0.15, 0.2) is 0 Å². The molecular weight excluding hydrogens is 1470 g/mol. The number of rotatable bonds is 12. The Hall–Kier alpha value is -14.6. The molecule has 0 bridgehead atoms. The minimum atomic E-state index is 0.818. The average Bonchev–Trinajstić information content (AvgIpc) is 1.57. The van der Waals surface area contributed by atoms with Crippen LogP contribution in [-0.4, -0.2) is 0 Å². The fourth-order valence-electron chi connectivity index (χ4n) is 18.7. The molecule has 580 valence electrons. The number of nitrogens with zero attached hydrogens (tertiary/aromatic N) is 4. The number of hydrogen-bond acceptors (Lipinski definition) is 8. The Kier molecular flexibility index (Phi) is 17.4. The topological polar surface area (TPSA) is 65.5 Å². The van der Waals surface area contributed by atoms with Gasteiger partial charge >= 0.3 is 0 Å². The standard InChI is InChI=1S/2C56H44N2O2/c2*1-33-13-19-43(20-14-33)57(54-35(3)9-7-10-36(54)4)45-23-17-39-29-48-47-25-26-50-53(56(47)60-51(48)31-41(39)27-45)49-30-40-18-24-46(28-42(40)32-52(49)59-50)58(44-21-15-34(2)16-22-44)55-37(5)11-8-12-38(55)6/h2*7-32H,1-6H3. The number of aryl methyl sites for hydroxylation is 12. The van der Waals surface area contributed by atoms with E-state index >= 15 is 0 Å². The summed E-state index contributed by atoms with van der Waals surface area (Å²) in [6.07, 6.45) is 0. The van der Waals surface area contributed by atoms with E-state index in [1.807, 2.05) is 0 Å². The third kappa shape index (κ3) is 12.4. The fraction of sp³-hybridized carbons (Fsp3) is 0.107. The molecule has 0 atom stereocenters. The second-order valence-electron chi connectivity index (χ2n) is 33.2. The normalized spacial score (nSPS) is 11.8. The van der Waals surface area contributed by atoms with Crippen LogP contribution in [0, 0.1) is 83.1 Å². The van der Waals surface area contributed by atoms with E-state index in [0.717, 1.165) is 166 Å². The van der Waals surface area contributed by atoms with Crippen molar-refractivity contribution < 1.29 is 17.7 Å². The summed E-state index contributed by atoms with van der Waals surface area (Å²) in [6, 6.07) is 115. The van der Waals surface area contributed by atoms with E-state index in [2.05, 4.69) is 418 Å². The van der Waals surface area contributed by atoms with E-state index in [9.17, 15) is 0 Å². The van der Waals surface area contributed by atoms with Crippen molar-refractivity contribution >= 4 is 199 Å². The summed E-state index contributed by atoms with van der Waals surface area (Å²) in [5.41, 5.74) is 35.3. The number of benzene rings is 18. The highest BCUT2D eigenvalue weighted by molar-refractivity contribution is 6.26. The minimum Gasteiger partial charge on any atom is -0.456 e. The maximum Gasteiger partial charge on any atom is 0.147 e. The van der Waals surface area contributed by atoms with Gasteiger partial charge in [-0.25, -0.2) is 0 Å². The molecule has 0 spiro atoms. The lowest BCUT2D eigenvalue weighted by Crippen LogP contribution is -2.12. The third-order valence-corrected chi connectivity index (χ3v) is 24.8. The Morgan fingerprint density at radius 3 is 0.642 bits per heavy atom. The van der Waals surface area contributed by atoms with Crippen LogP contribution in [0.25, 0.3) is 131 Å². The SMILES string of the molecule is Cc1ccc(N(c2ccc3cc4c(cc3c2)oc2c4ccc3oc4cc5cc(N(c6ccc(C)cc6)c6c(C)cccc6C)ccc5cc4c32)c2c(C)cccc2C)cc1.Cc1ccc(N(c2ccc3cc4c(cc3c2)oc2c4ccc3oc4cc5cc(N(c6ccc(C)cc6)c6c(C)cccc6C)ccc5cc4c32)c2c(C)cccc2C)cc1. The van der Waals surface area contributed by atoms with Crippen molar-refractivity contribution in [2.45, 2.75) is 83.1 Å². The van der Waals surface area contributed by atoms with Crippen LogP contribution in [-0.2, 0) is 0 Å². The lowest BCUT2D eigenvalue weighted by atomic mass is 10.0. The van der Waals surface area contributed by atoms with Gasteiger partial charge in [0.25, 0.3) is 0 Å². The Morgan fingerprint density at radius 1 is 0.167 bits per heavy atom. The smallest absolute Gasteiger partial charge is 0.147 e. The van der Waals surface area contributed by atoms with Crippen LogP contribution in [0.15, 0.2) is 333 Å². The van der Waals surface area contributed by atoms with Crippen molar-refractivity contribution in [1.82, 2.24) is 0 Å². The molecule has 0 aliphatic carbocycles. The summed E-state index contributed by atoms with van der Waals surface area (Å²) in [6.45, 7) is 26.1. The number of furan rings is 4. The summed E-state index contributed by atoms with van der Waals surface area (Å²) >= 11 is 0. The van der Waals surface area contributed by atoms with Crippen LogP contribution in [0.5, 0.6) is 0 Å². The van der Waals surface area contributed by atoms with Crippen molar-refractivity contribution in [3.05, 3.63) is 382 Å². The monoisotopic (exact) mass is 1550 g/mol. The highest BCUT2D eigenvalue weighted by Crippen LogP contribution is 2.50. The van der Waals surface area contributed by atoms with E-state index in [4.69, 9.17) is 17.7 Å². The van der Waals surface area contributed by atoms with E-state index in [-0.39, 0.29) is 0 Å². The summed E-state index contributed by atoms with van der Waals surface area (Å²) in [4.78, 5) is 9.51. The van der Waals surface area contributed by atoms with E-state index in [1.165, 1.54) is 100 Å². The molecule has 0 aliphatic rings. The first kappa shape index (κ1) is 73.1. The van der Waals surface area contributed by atoms with Crippen LogP contribution in [0.4, 0.5) is 68.2 Å². The number of hydrogen-bond donors (Lipinski definition) is 0. The first-order valence-electron chi connectivity index (χ1n) is 41.5. The van der Waals surface area contributed by atoms with E-state index in [0.29, 0.717) is 0 Å². The van der Waals surface area contributed by atoms with Crippen LogP contribution in [0.3, 0.4) is 0 Å². The van der Waals surface area contributed by atoms with Gasteiger partial charge in [0, 0.05) is 77.8 Å². The lowest BCUT2D eigenvalue weighted by molar-refractivity contribution is 0.662. The molecule has 0 fully saturated rings. The summed E-state index contributed by atoms with van der Waals surface area (Å²) in [7, 11) is 0. The molecule has 22 rings (SSSR count). The summed E-state index contributed by atoms with van der Waals surface area (Å²) < 4.78 is 27.0.